The number of nitrogens with zero attached hydrogens (tertiary/aromatic N) is 2. The number of nitrogens with two attached hydrogens (primary N) is 1. The lowest BCUT2D eigenvalue weighted by atomic mass is 10.2. The maximum Gasteiger partial charge on any atom is 0.277 e. The monoisotopic (exact) mass is 258 g/mol. The van der Waals surface area contributed by atoms with Crippen molar-refractivity contribution in [2.24, 2.45) is 5.73 Å². The number of nitrogens with one attached hydrogen (secondary N) is 1. The fourth-order valence-corrected chi connectivity index (χ4v) is 1.72. The van der Waals surface area contributed by atoms with E-state index < -0.39 is 0 Å². The standard InChI is InChI=1S/C12H10N4OS/c13-6-2-4-9-3-1-5-10(7-9)14-12(17)11-8-18-16-15-11/h1,3,5,7-8H,6,13H2,(H,14,17). The molecule has 0 radical (unpaired) electrons. The number of carbonyl (C=O) groups excluding carboxylic acids is 1. The van der Waals surface area contributed by atoms with E-state index in [0.717, 1.165) is 17.1 Å². The summed E-state index contributed by atoms with van der Waals surface area (Å²) < 4.78 is 3.64. The van der Waals surface area contributed by atoms with Crippen molar-refractivity contribution >= 4 is 23.1 Å². The molecule has 2 aromatic rings. The second-order valence-electron chi connectivity index (χ2n) is 3.33. The topological polar surface area (TPSA) is 80.9 Å². The van der Waals surface area contributed by atoms with Gasteiger partial charge >= 0.3 is 0 Å². The Labute approximate surface area is 108 Å². The summed E-state index contributed by atoms with van der Waals surface area (Å²) in [5.74, 6) is 5.37. The maximum atomic E-state index is 11.7. The first kappa shape index (κ1) is 12.2. The third-order valence-electron chi connectivity index (χ3n) is 2.05. The molecule has 0 aliphatic carbocycles. The van der Waals surface area contributed by atoms with Gasteiger partial charge in [0.25, 0.3) is 5.91 Å². The Balaban J connectivity index is 2.12. The minimum Gasteiger partial charge on any atom is -0.321 e. The van der Waals surface area contributed by atoms with Crippen LogP contribution in [0.1, 0.15) is 16.1 Å². The van der Waals surface area contributed by atoms with E-state index in [2.05, 4.69) is 26.7 Å². The average molecular weight is 258 g/mol. The largest absolute Gasteiger partial charge is 0.321 e. The SMILES string of the molecule is NCC#Cc1cccc(NC(=O)c2csnn2)c1. The number of hydrogen-bond donors (Lipinski definition) is 2. The summed E-state index contributed by atoms with van der Waals surface area (Å²) in [6.07, 6.45) is 0. The zero-order valence-electron chi connectivity index (χ0n) is 9.38. The van der Waals surface area contributed by atoms with Crippen molar-refractivity contribution < 1.29 is 4.79 Å². The number of rotatable bonds is 2. The van der Waals surface area contributed by atoms with E-state index in [4.69, 9.17) is 5.73 Å². The molecule has 0 aliphatic rings. The molecule has 3 N–H and O–H groups in total. The fourth-order valence-electron chi connectivity index (χ4n) is 1.29. The van der Waals surface area contributed by atoms with Crippen LogP contribution in [0.15, 0.2) is 29.6 Å². The van der Waals surface area contributed by atoms with Gasteiger partial charge in [-0.25, -0.2) is 0 Å². The first-order chi connectivity index (χ1) is 8.79. The van der Waals surface area contributed by atoms with Gasteiger partial charge in [-0.3, -0.25) is 4.79 Å². The molecule has 0 bridgehead atoms. The molecule has 18 heavy (non-hydrogen) atoms. The second-order valence-corrected chi connectivity index (χ2v) is 3.94. The highest BCUT2D eigenvalue weighted by molar-refractivity contribution is 7.03. The summed E-state index contributed by atoms with van der Waals surface area (Å²) in [6, 6.07) is 7.23. The molecule has 1 aromatic carbocycles. The Morgan fingerprint density at radius 1 is 1.50 bits per heavy atom. The molecule has 5 nitrogen and oxygen atoms in total. The zero-order chi connectivity index (χ0) is 12.8. The van der Waals surface area contributed by atoms with E-state index in [-0.39, 0.29) is 5.91 Å². The van der Waals surface area contributed by atoms with Gasteiger partial charge in [0.2, 0.25) is 0 Å². The Morgan fingerprint density at radius 2 is 2.39 bits per heavy atom. The Morgan fingerprint density at radius 3 is 3.11 bits per heavy atom. The molecule has 90 valence electrons. The van der Waals surface area contributed by atoms with Crippen LogP contribution in [-0.4, -0.2) is 22.0 Å². The molecule has 2 rings (SSSR count). The highest BCUT2D eigenvalue weighted by Crippen LogP contribution is 2.11. The highest BCUT2D eigenvalue weighted by atomic mass is 32.1. The van der Waals surface area contributed by atoms with Crippen molar-refractivity contribution in [2.75, 3.05) is 11.9 Å². The molecule has 0 unspecified atom stereocenters. The van der Waals surface area contributed by atoms with Crippen molar-refractivity contribution in [1.29, 1.82) is 0 Å². The van der Waals surface area contributed by atoms with Gasteiger partial charge in [-0.15, -0.1) is 5.10 Å². The first-order valence-electron chi connectivity index (χ1n) is 5.17. The van der Waals surface area contributed by atoms with Crippen LogP contribution >= 0.6 is 11.5 Å². The van der Waals surface area contributed by atoms with Crippen LogP contribution in [0.4, 0.5) is 5.69 Å². The fraction of sp³-hybridized carbons (Fsp3) is 0.0833. The van der Waals surface area contributed by atoms with Gasteiger partial charge < -0.3 is 11.1 Å². The summed E-state index contributed by atoms with van der Waals surface area (Å²) in [7, 11) is 0. The van der Waals surface area contributed by atoms with Crippen LogP contribution in [0.2, 0.25) is 0 Å². The molecular weight excluding hydrogens is 248 g/mol. The van der Waals surface area contributed by atoms with Gasteiger partial charge in [0, 0.05) is 16.6 Å². The Kier molecular flexibility index (Phi) is 4.02. The highest BCUT2D eigenvalue weighted by Gasteiger charge is 2.08. The van der Waals surface area contributed by atoms with E-state index in [0.29, 0.717) is 17.9 Å². The van der Waals surface area contributed by atoms with Crippen LogP contribution < -0.4 is 11.1 Å². The third kappa shape index (κ3) is 3.13. The van der Waals surface area contributed by atoms with Crippen LogP contribution in [0.5, 0.6) is 0 Å². The number of aromatic nitrogens is 2. The van der Waals surface area contributed by atoms with Gasteiger partial charge in [-0.1, -0.05) is 22.4 Å². The zero-order valence-corrected chi connectivity index (χ0v) is 10.2. The van der Waals surface area contributed by atoms with Gasteiger partial charge in [0.05, 0.1) is 6.54 Å². The summed E-state index contributed by atoms with van der Waals surface area (Å²) in [4.78, 5) is 11.7. The smallest absolute Gasteiger partial charge is 0.277 e. The molecule has 6 heteroatoms. The van der Waals surface area contributed by atoms with Crippen molar-refractivity contribution in [3.8, 4) is 11.8 Å². The van der Waals surface area contributed by atoms with E-state index in [1.165, 1.54) is 0 Å². The summed E-state index contributed by atoms with van der Waals surface area (Å²) in [6.45, 7) is 0.307. The molecule has 1 amide bonds. The number of hydrogen-bond acceptors (Lipinski definition) is 5. The van der Waals surface area contributed by atoms with E-state index in [1.807, 2.05) is 12.1 Å². The third-order valence-corrected chi connectivity index (χ3v) is 2.55. The van der Waals surface area contributed by atoms with E-state index in [1.54, 1.807) is 17.5 Å². The second kappa shape index (κ2) is 5.91. The minimum absolute atomic E-state index is 0.285. The predicted octanol–water partition coefficient (Wildman–Crippen LogP) is 1.10. The quantitative estimate of drug-likeness (QED) is 0.790. The molecule has 1 aromatic heterocycles. The van der Waals surface area contributed by atoms with Gasteiger partial charge in [0.1, 0.15) is 0 Å². The first-order valence-corrected chi connectivity index (χ1v) is 6.00. The molecule has 0 saturated heterocycles. The lowest BCUT2D eigenvalue weighted by molar-refractivity contribution is 0.102. The molecule has 0 fully saturated rings. The molecule has 0 spiro atoms. The van der Waals surface area contributed by atoms with Crippen molar-refractivity contribution in [1.82, 2.24) is 9.59 Å². The number of anilines is 1. The molecular formula is C12H10N4OS. The Hall–Kier alpha value is -2.23. The van der Waals surface area contributed by atoms with Crippen molar-refractivity contribution in [2.45, 2.75) is 0 Å². The normalized spacial score (nSPS) is 9.39. The summed E-state index contributed by atoms with van der Waals surface area (Å²) in [5.41, 5.74) is 7.07. The van der Waals surface area contributed by atoms with Crippen LogP contribution in [0.25, 0.3) is 0 Å². The maximum absolute atomic E-state index is 11.7. The van der Waals surface area contributed by atoms with Gasteiger partial charge in [0.15, 0.2) is 5.69 Å². The lowest BCUT2D eigenvalue weighted by Crippen LogP contribution is -2.12. The van der Waals surface area contributed by atoms with Crippen LogP contribution in [0, 0.1) is 11.8 Å². The molecule has 0 atom stereocenters. The summed E-state index contributed by atoms with van der Waals surface area (Å²) >= 11 is 1.13. The Bertz CT molecular complexity index is 598. The van der Waals surface area contributed by atoms with E-state index >= 15 is 0 Å². The summed E-state index contributed by atoms with van der Waals surface area (Å²) in [5, 5.41) is 8.01. The number of carbonyl (C=O) groups is 1. The molecule has 0 aliphatic heterocycles. The van der Waals surface area contributed by atoms with E-state index in [9.17, 15) is 4.79 Å². The molecule has 0 saturated carbocycles. The van der Waals surface area contributed by atoms with Gasteiger partial charge in [-0.05, 0) is 29.7 Å². The van der Waals surface area contributed by atoms with Crippen LogP contribution in [0.3, 0.4) is 0 Å². The average Bonchev–Trinajstić information content (AvgIpc) is 2.91. The molecule has 1 heterocycles. The number of benzene rings is 1. The minimum atomic E-state index is -0.285. The van der Waals surface area contributed by atoms with Crippen LogP contribution in [-0.2, 0) is 0 Å². The van der Waals surface area contributed by atoms with Gasteiger partial charge in [-0.2, -0.15) is 0 Å². The van der Waals surface area contributed by atoms with Crippen molar-refractivity contribution in [3.05, 3.63) is 40.9 Å². The number of amides is 1. The van der Waals surface area contributed by atoms with Crippen molar-refractivity contribution in [3.63, 3.8) is 0 Å². The lowest BCUT2D eigenvalue weighted by Gasteiger charge is -2.02. The predicted molar refractivity (Wildman–Crippen MR) is 70.2 cm³/mol.